The standard InChI is InChI=1S/C77H74N2O3/c1-73(2,3)47-29-37-51(38-30-47)78(52-39-31-48(32-40-52)74(4,5)6)61-45-59-69(71-67(61)55-21-13-17-25-63(55)81-71)70-60(77(59)57-23-15-19-27-65(57)80-66-28-20-16-24-58(66)77)46-62(68-56-22-14-18-26-64(56)82-72(68)70)79(53-41-33-49(34-42-53)75(7,8)9)54-43-35-50(36-44-54)76(10,11)12/h13,15-21,23-46,60,70H,14,22H2,1-12H3. The van der Waals surface area contributed by atoms with Gasteiger partial charge in [-0.15, -0.1) is 0 Å². The maximum absolute atomic E-state index is 7.67. The van der Waals surface area contributed by atoms with E-state index in [2.05, 4.69) is 287 Å². The SMILES string of the molecule is CC(C)(C)c1ccc(N(C2=CC3C(c4oc5c(c42)CCC=C5)c2c(cc(N(c4ccc(C(C)(C)C)cc4)c4ccc(C(C)(C)C)cc4)c4c2oc2ccccc24)C32c3ccccc3Oc3ccccc32)c2ccc(C(C)(C)C)cc2)cc1. The number of rotatable bonds is 6. The fourth-order valence-corrected chi connectivity index (χ4v) is 14.0. The number of para-hydroxylation sites is 3. The topological polar surface area (TPSA) is 42.0 Å². The van der Waals surface area contributed by atoms with Crippen molar-refractivity contribution in [1.29, 1.82) is 0 Å². The van der Waals surface area contributed by atoms with Crippen molar-refractivity contribution in [2.45, 2.75) is 129 Å². The van der Waals surface area contributed by atoms with E-state index in [4.69, 9.17) is 13.6 Å². The lowest BCUT2D eigenvalue weighted by molar-refractivity contribution is 0.350. The van der Waals surface area contributed by atoms with Gasteiger partial charge in [-0.1, -0.05) is 198 Å². The summed E-state index contributed by atoms with van der Waals surface area (Å²) in [5, 5.41) is 2.14. The summed E-state index contributed by atoms with van der Waals surface area (Å²) in [7, 11) is 0. The number of fused-ring (bicyclic) bond motifs is 17. The number of benzene rings is 8. The highest BCUT2D eigenvalue weighted by Gasteiger charge is 2.62. The van der Waals surface area contributed by atoms with Crippen LogP contribution in [0.15, 0.2) is 197 Å². The van der Waals surface area contributed by atoms with Crippen LogP contribution in [-0.2, 0) is 33.5 Å². The Balaban J connectivity index is 1.13. The van der Waals surface area contributed by atoms with E-state index in [9.17, 15) is 0 Å². The van der Waals surface area contributed by atoms with Crippen molar-refractivity contribution in [3.63, 3.8) is 0 Å². The molecule has 0 bridgehead atoms. The largest absolute Gasteiger partial charge is 0.460 e. The van der Waals surface area contributed by atoms with Crippen molar-refractivity contribution >= 4 is 62.1 Å². The van der Waals surface area contributed by atoms with E-state index in [-0.39, 0.29) is 33.5 Å². The molecule has 0 amide bonds. The first-order chi connectivity index (χ1) is 39.2. The zero-order valence-electron chi connectivity index (χ0n) is 49.7. The van der Waals surface area contributed by atoms with Crippen molar-refractivity contribution in [1.82, 2.24) is 0 Å². The Morgan fingerprint density at radius 3 is 1.45 bits per heavy atom. The summed E-state index contributed by atoms with van der Waals surface area (Å²) in [6.07, 6.45) is 8.95. The van der Waals surface area contributed by atoms with Crippen molar-refractivity contribution in [2.24, 2.45) is 5.92 Å². The summed E-state index contributed by atoms with van der Waals surface area (Å²) in [5.41, 5.74) is 19.4. The van der Waals surface area contributed by atoms with Gasteiger partial charge in [0.15, 0.2) is 0 Å². The third-order valence-electron chi connectivity index (χ3n) is 18.3. The van der Waals surface area contributed by atoms with E-state index in [1.807, 2.05) is 0 Å². The highest BCUT2D eigenvalue weighted by Crippen LogP contribution is 2.70. The molecular weight excluding hydrogens is 1000 g/mol. The van der Waals surface area contributed by atoms with E-state index in [0.29, 0.717) is 0 Å². The molecular formula is C77H74N2O3. The summed E-state index contributed by atoms with van der Waals surface area (Å²) in [6.45, 7) is 27.5. The molecule has 5 nitrogen and oxygen atoms in total. The predicted octanol–water partition coefficient (Wildman–Crippen LogP) is 21.2. The second-order valence-electron chi connectivity index (χ2n) is 27.6. The average molecular weight is 1080 g/mol. The highest BCUT2D eigenvalue weighted by atomic mass is 16.5. The van der Waals surface area contributed by atoms with Gasteiger partial charge in [-0.05, 0) is 141 Å². The number of hydrogen-bond donors (Lipinski definition) is 0. The van der Waals surface area contributed by atoms with Gasteiger partial charge in [-0.25, -0.2) is 0 Å². The van der Waals surface area contributed by atoms with E-state index >= 15 is 0 Å². The van der Waals surface area contributed by atoms with Gasteiger partial charge in [0.25, 0.3) is 0 Å². The highest BCUT2D eigenvalue weighted by molar-refractivity contribution is 6.15. The lowest BCUT2D eigenvalue weighted by atomic mass is 9.61. The number of furan rings is 2. The van der Waals surface area contributed by atoms with E-state index < -0.39 is 5.41 Å². The smallest absolute Gasteiger partial charge is 0.141 e. The Labute approximate surface area is 484 Å². The van der Waals surface area contributed by atoms with E-state index in [1.165, 1.54) is 38.9 Å². The molecule has 0 fully saturated rings. The van der Waals surface area contributed by atoms with Gasteiger partial charge >= 0.3 is 0 Å². The lowest BCUT2D eigenvalue weighted by Gasteiger charge is -2.44. The summed E-state index contributed by atoms with van der Waals surface area (Å²) < 4.78 is 22.4. The zero-order chi connectivity index (χ0) is 56.8. The molecule has 10 aromatic rings. The van der Waals surface area contributed by atoms with Crippen molar-refractivity contribution in [3.8, 4) is 11.5 Å². The van der Waals surface area contributed by atoms with Crippen LogP contribution >= 0.6 is 0 Å². The molecule has 0 radical (unpaired) electrons. The first-order valence-electron chi connectivity index (χ1n) is 29.6. The Morgan fingerprint density at radius 1 is 0.488 bits per heavy atom. The summed E-state index contributed by atoms with van der Waals surface area (Å²) in [4.78, 5) is 5.02. The fraction of sp³-hybridized carbons (Fsp3) is 0.273. The van der Waals surface area contributed by atoms with Crippen LogP contribution in [-0.4, -0.2) is 0 Å². The average Bonchev–Trinajstić information content (AvgIpc) is 1.61. The van der Waals surface area contributed by atoms with Gasteiger partial charge in [-0.3, -0.25) is 0 Å². The number of hydrogen-bond acceptors (Lipinski definition) is 5. The van der Waals surface area contributed by atoms with Gasteiger partial charge in [0.05, 0.1) is 28.1 Å². The molecule has 1 aliphatic heterocycles. The Bertz CT molecular complexity index is 4050. The molecule has 2 atom stereocenters. The predicted molar refractivity (Wildman–Crippen MR) is 340 cm³/mol. The molecule has 1 spiro atoms. The summed E-state index contributed by atoms with van der Waals surface area (Å²) in [6, 6.07) is 65.9. The van der Waals surface area contributed by atoms with Gasteiger partial charge in [0.1, 0.15) is 34.2 Å². The van der Waals surface area contributed by atoms with Crippen LogP contribution in [0.4, 0.5) is 28.4 Å². The molecule has 4 aliphatic rings. The minimum atomic E-state index is -0.824. The summed E-state index contributed by atoms with van der Waals surface area (Å²) >= 11 is 0. The number of nitrogens with zero attached hydrogens (tertiary/aromatic N) is 2. The Kier molecular flexibility index (Phi) is 11.6. The Hall–Kier alpha value is -8.28. The third kappa shape index (κ3) is 8.00. The minimum absolute atomic E-state index is 0.0216. The Morgan fingerprint density at radius 2 is 0.951 bits per heavy atom. The quantitative estimate of drug-likeness (QED) is 0.166. The molecule has 2 aromatic heterocycles. The minimum Gasteiger partial charge on any atom is -0.460 e. The second kappa shape index (κ2) is 18.4. The van der Waals surface area contributed by atoms with Crippen LogP contribution in [0.2, 0.25) is 0 Å². The number of ether oxygens (including phenoxy) is 1. The maximum Gasteiger partial charge on any atom is 0.141 e. The van der Waals surface area contributed by atoms with Gasteiger partial charge in [0, 0.05) is 61.9 Å². The van der Waals surface area contributed by atoms with Crippen LogP contribution in [0.3, 0.4) is 0 Å². The van der Waals surface area contributed by atoms with Crippen molar-refractivity contribution in [3.05, 3.63) is 255 Å². The molecule has 5 heteroatoms. The molecule has 0 saturated carbocycles. The normalized spacial score (nSPS) is 16.9. The molecule has 410 valence electrons. The zero-order valence-corrected chi connectivity index (χ0v) is 49.7. The first kappa shape index (κ1) is 51.8. The lowest BCUT2D eigenvalue weighted by Crippen LogP contribution is -2.39. The third-order valence-corrected chi connectivity index (χ3v) is 18.3. The first-order valence-corrected chi connectivity index (χ1v) is 29.6. The van der Waals surface area contributed by atoms with Gasteiger partial charge in [-0.2, -0.15) is 0 Å². The molecule has 3 heterocycles. The number of allylic oxidation sites excluding steroid dienone is 2. The van der Waals surface area contributed by atoms with Crippen molar-refractivity contribution < 1.29 is 13.6 Å². The van der Waals surface area contributed by atoms with Crippen LogP contribution in [0.5, 0.6) is 11.5 Å². The van der Waals surface area contributed by atoms with E-state index in [1.54, 1.807) is 0 Å². The molecule has 2 unspecified atom stereocenters. The molecule has 0 saturated heterocycles. The van der Waals surface area contributed by atoms with Crippen LogP contribution < -0.4 is 14.5 Å². The van der Waals surface area contributed by atoms with Gasteiger partial charge < -0.3 is 23.4 Å². The molecule has 3 aliphatic carbocycles. The second-order valence-corrected chi connectivity index (χ2v) is 27.6. The van der Waals surface area contributed by atoms with Crippen LogP contribution in [0, 0.1) is 5.92 Å². The summed E-state index contributed by atoms with van der Waals surface area (Å²) in [5.74, 6) is 3.09. The van der Waals surface area contributed by atoms with Gasteiger partial charge in [0.2, 0.25) is 0 Å². The maximum atomic E-state index is 7.67. The van der Waals surface area contributed by atoms with E-state index in [0.717, 1.165) is 109 Å². The molecule has 8 aromatic carbocycles. The van der Waals surface area contributed by atoms with Crippen LogP contribution in [0.25, 0.3) is 33.7 Å². The molecule has 14 rings (SSSR count). The fourth-order valence-electron chi connectivity index (χ4n) is 14.0. The van der Waals surface area contributed by atoms with Crippen LogP contribution in [0.1, 0.15) is 163 Å². The number of anilines is 5. The van der Waals surface area contributed by atoms with Crippen molar-refractivity contribution in [2.75, 3.05) is 9.80 Å². The molecule has 0 N–H and O–H groups in total. The monoisotopic (exact) mass is 1070 g/mol. The molecule has 82 heavy (non-hydrogen) atoms.